The number of hydrogen-bond donors (Lipinski definition) is 1. The number of phenols is 1. The minimum atomic E-state index is -0.328. The van der Waals surface area contributed by atoms with Gasteiger partial charge in [-0.15, -0.1) is 0 Å². The molecule has 0 aromatic heterocycles. The van der Waals surface area contributed by atoms with Crippen LogP contribution >= 0.6 is 11.6 Å². The van der Waals surface area contributed by atoms with Crippen molar-refractivity contribution in [3.63, 3.8) is 0 Å². The number of rotatable bonds is 4. The van der Waals surface area contributed by atoms with Crippen molar-refractivity contribution in [3.8, 4) is 5.75 Å². The van der Waals surface area contributed by atoms with E-state index in [2.05, 4.69) is 6.58 Å². The first-order valence-corrected chi connectivity index (χ1v) is 8.37. The number of fused-ring (bicyclic) bond motifs is 3. The number of halogens is 1. The quantitative estimate of drug-likeness (QED) is 0.857. The molecule has 0 amide bonds. The zero-order valence-corrected chi connectivity index (χ0v) is 15.2. The van der Waals surface area contributed by atoms with E-state index < -0.39 is 0 Å². The Labute approximate surface area is 151 Å². The van der Waals surface area contributed by atoms with Gasteiger partial charge in [0.25, 0.3) is 0 Å². The maximum atomic E-state index is 11.0. The predicted octanol–water partition coefficient (Wildman–Crippen LogP) is 3.36. The second kappa shape index (κ2) is 6.82. The molecule has 1 aliphatic rings. The van der Waals surface area contributed by atoms with Crippen molar-refractivity contribution < 1.29 is 5.11 Å². The number of phenolic OH excluding ortho intramolecular Hbond substituents is 1. The third-order valence-electron chi connectivity index (χ3n) is 4.10. The topological polar surface area (TPSA) is 48.2 Å². The Hall–Kier alpha value is -2.43. The van der Waals surface area contributed by atoms with Gasteiger partial charge in [-0.1, -0.05) is 60.7 Å². The van der Waals surface area contributed by atoms with Gasteiger partial charge in [0.2, 0.25) is 0 Å². The van der Waals surface area contributed by atoms with Gasteiger partial charge in [0, 0.05) is 21.4 Å². The molecule has 4 nitrogen and oxygen atoms in total. The maximum Gasteiger partial charge on any atom is 0.197 e. The lowest BCUT2D eigenvalue weighted by Gasteiger charge is -2.12. The van der Waals surface area contributed by atoms with Crippen LogP contribution in [0.4, 0.5) is 0 Å². The Morgan fingerprint density at radius 3 is 2.44 bits per heavy atom. The molecule has 0 fully saturated rings. The van der Waals surface area contributed by atoms with Gasteiger partial charge in [-0.3, -0.25) is 4.90 Å². The first kappa shape index (κ1) is 17.4. The molecule has 2 aromatic carbocycles. The second-order valence-electron chi connectivity index (χ2n) is 6.05. The fraction of sp³-hybridized carbons (Fsp3) is 0.200. The van der Waals surface area contributed by atoms with Crippen molar-refractivity contribution in [2.24, 2.45) is 9.98 Å². The third kappa shape index (κ3) is 2.99. The molecule has 1 unspecified atom stereocenters. The Balaban J connectivity index is 2.49. The van der Waals surface area contributed by atoms with Gasteiger partial charge in [0.15, 0.2) is 6.29 Å². The first-order chi connectivity index (χ1) is 12.0. The molecule has 128 valence electrons. The summed E-state index contributed by atoms with van der Waals surface area (Å²) in [5.74, 6) is 0.144. The zero-order chi connectivity index (χ0) is 18.1. The van der Waals surface area contributed by atoms with Gasteiger partial charge >= 0.3 is 0 Å². The Morgan fingerprint density at radius 1 is 1.20 bits per heavy atom. The molecule has 0 aliphatic carbocycles. The highest BCUT2D eigenvalue weighted by Crippen LogP contribution is 2.33. The molecule has 0 saturated carbocycles. The van der Waals surface area contributed by atoms with E-state index in [0.717, 1.165) is 16.1 Å². The molecule has 3 rings (SSSR count). The van der Waals surface area contributed by atoms with E-state index in [1.807, 2.05) is 68.4 Å². The molecule has 0 radical (unpaired) electrons. The lowest BCUT2D eigenvalue weighted by molar-refractivity contribution is 0.311. The van der Waals surface area contributed by atoms with Crippen molar-refractivity contribution in [2.45, 2.75) is 13.2 Å². The van der Waals surface area contributed by atoms with Crippen LogP contribution in [0, 0.1) is 0 Å². The van der Waals surface area contributed by atoms with Gasteiger partial charge in [-0.25, -0.2) is 9.98 Å². The van der Waals surface area contributed by atoms with Crippen LogP contribution in [0.25, 0.3) is 16.3 Å². The van der Waals surface area contributed by atoms with E-state index in [9.17, 15) is 5.11 Å². The molecule has 1 N–H and O–H groups in total. The first-order valence-electron chi connectivity index (χ1n) is 7.99. The molecule has 1 atom stereocenters. The zero-order valence-electron chi connectivity index (χ0n) is 14.5. The number of allylic oxidation sites excluding steroid dienone is 5. The molecule has 0 bridgehead atoms. The lowest BCUT2D eigenvalue weighted by Crippen LogP contribution is -2.27. The average Bonchev–Trinajstić information content (AvgIpc) is 3.03. The van der Waals surface area contributed by atoms with Gasteiger partial charge < -0.3 is 5.11 Å². The number of benzene rings is 2. The summed E-state index contributed by atoms with van der Waals surface area (Å²) in [6.07, 6.45) is 5.25. The van der Waals surface area contributed by atoms with Gasteiger partial charge in [0.05, 0.1) is 16.3 Å². The summed E-state index contributed by atoms with van der Waals surface area (Å²) < 4.78 is 0. The standard InChI is InChI=1S/C20H20ClN3O/c1-5-6-9-13(12(2)21)16-18-17(22-20(23-18)24(3)4)14-10-7-8-11-15(14)19(16)25/h5-11,20,25H,2H2,1,3-4H3/b6-5-,13-9+. The molecule has 0 spiro atoms. The SMILES string of the molecule is C=C(Cl)/C(=C\C=C/C)c1c(O)c2ccccc2c2c1=NC(N(C)C)N=2. The normalized spacial score (nSPS) is 17.0. The fourth-order valence-corrected chi connectivity index (χ4v) is 3.05. The summed E-state index contributed by atoms with van der Waals surface area (Å²) in [5.41, 5.74) is 1.21. The van der Waals surface area contributed by atoms with Crippen LogP contribution in [0.3, 0.4) is 0 Å². The van der Waals surface area contributed by atoms with Crippen LogP contribution in [0.5, 0.6) is 5.75 Å². The van der Waals surface area contributed by atoms with Crippen LogP contribution in [0.1, 0.15) is 12.5 Å². The summed E-state index contributed by atoms with van der Waals surface area (Å²) in [5, 5.41) is 14.3. The Morgan fingerprint density at radius 2 is 1.84 bits per heavy atom. The largest absolute Gasteiger partial charge is 0.507 e. The number of aromatic hydroxyl groups is 1. The highest BCUT2D eigenvalue weighted by Gasteiger charge is 2.23. The number of hydrogen-bond acceptors (Lipinski definition) is 4. The van der Waals surface area contributed by atoms with Crippen molar-refractivity contribution >= 4 is 27.9 Å². The summed E-state index contributed by atoms with van der Waals surface area (Å²) in [7, 11) is 3.84. The van der Waals surface area contributed by atoms with E-state index >= 15 is 0 Å². The van der Waals surface area contributed by atoms with Crippen LogP contribution in [0.2, 0.25) is 0 Å². The van der Waals surface area contributed by atoms with Crippen molar-refractivity contribution in [1.82, 2.24) is 4.90 Å². The molecule has 1 aliphatic heterocycles. The van der Waals surface area contributed by atoms with E-state index in [0.29, 0.717) is 21.5 Å². The van der Waals surface area contributed by atoms with Crippen LogP contribution in [0.15, 0.2) is 64.1 Å². The van der Waals surface area contributed by atoms with Crippen molar-refractivity contribution in [3.05, 3.63) is 70.4 Å². The van der Waals surface area contributed by atoms with Crippen molar-refractivity contribution in [1.29, 1.82) is 0 Å². The van der Waals surface area contributed by atoms with E-state index in [1.54, 1.807) is 0 Å². The van der Waals surface area contributed by atoms with E-state index in [-0.39, 0.29) is 12.0 Å². The molecule has 0 saturated heterocycles. The maximum absolute atomic E-state index is 11.0. The molecule has 5 heteroatoms. The molecular formula is C20H20ClN3O. The minimum absolute atomic E-state index is 0.144. The second-order valence-corrected chi connectivity index (χ2v) is 6.50. The monoisotopic (exact) mass is 353 g/mol. The Kier molecular flexibility index (Phi) is 4.75. The van der Waals surface area contributed by atoms with Gasteiger partial charge in [-0.05, 0) is 21.0 Å². The van der Waals surface area contributed by atoms with Crippen LogP contribution in [-0.4, -0.2) is 30.4 Å². The van der Waals surface area contributed by atoms with E-state index in [1.165, 1.54) is 0 Å². The molecule has 2 aromatic rings. The van der Waals surface area contributed by atoms with Crippen LogP contribution in [-0.2, 0) is 0 Å². The van der Waals surface area contributed by atoms with Crippen molar-refractivity contribution in [2.75, 3.05) is 14.1 Å². The third-order valence-corrected chi connectivity index (χ3v) is 4.31. The lowest BCUT2D eigenvalue weighted by atomic mass is 9.97. The predicted molar refractivity (Wildman–Crippen MR) is 103 cm³/mol. The smallest absolute Gasteiger partial charge is 0.197 e. The molecular weight excluding hydrogens is 334 g/mol. The van der Waals surface area contributed by atoms with Gasteiger partial charge in [-0.2, -0.15) is 0 Å². The van der Waals surface area contributed by atoms with Gasteiger partial charge in [0.1, 0.15) is 5.75 Å². The minimum Gasteiger partial charge on any atom is -0.507 e. The molecule has 25 heavy (non-hydrogen) atoms. The summed E-state index contributed by atoms with van der Waals surface area (Å²) in [6, 6.07) is 7.63. The average molecular weight is 354 g/mol. The number of nitrogens with zero attached hydrogens (tertiary/aromatic N) is 3. The van der Waals surface area contributed by atoms with E-state index in [4.69, 9.17) is 21.6 Å². The fourth-order valence-electron chi connectivity index (χ4n) is 2.89. The summed E-state index contributed by atoms with van der Waals surface area (Å²) in [6.45, 7) is 5.77. The Bertz CT molecular complexity index is 1040. The summed E-state index contributed by atoms with van der Waals surface area (Å²) >= 11 is 6.25. The van der Waals surface area contributed by atoms with Crippen LogP contribution < -0.4 is 10.7 Å². The highest BCUT2D eigenvalue weighted by molar-refractivity contribution is 6.36. The summed E-state index contributed by atoms with van der Waals surface area (Å²) in [4.78, 5) is 11.4. The highest BCUT2D eigenvalue weighted by atomic mass is 35.5. The molecule has 1 heterocycles.